The molecule has 1 N–H and O–H groups in total. The fourth-order valence-corrected chi connectivity index (χ4v) is 4.73. The minimum atomic E-state index is -0.178. The number of hydrogen-bond acceptors (Lipinski definition) is 3. The Labute approximate surface area is 165 Å². The molecule has 2 aromatic rings. The van der Waals surface area contributed by atoms with Crippen LogP contribution < -0.4 is 10.2 Å². The number of para-hydroxylation sites is 2. The number of hydrogen-bond donors (Lipinski definition) is 1. The van der Waals surface area contributed by atoms with E-state index in [9.17, 15) is 9.59 Å². The highest BCUT2D eigenvalue weighted by Crippen LogP contribution is 2.34. The highest BCUT2D eigenvalue weighted by atomic mass is 32.2. The molecule has 142 valence electrons. The van der Waals surface area contributed by atoms with Crippen LogP contribution in [0.1, 0.15) is 35.6 Å². The van der Waals surface area contributed by atoms with Crippen LogP contribution in [-0.2, 0) is 9.59 Å². The summed E-state index contributed by atoms with van der Waals surface area (Å²) in [6.07, 6.45) is 0.298. The van der Waals surface area contributed by atoms with Crippen LogP contribution in [0, 0.1) is 27.7 Å². The fourth-order valence-electron chi connectivity index (χ4n) is 3.57. The van der Waals surface area contributed by atoms with Gasteiger partial charge in [0.05, 0.1) is 17.1 Å². The molecule has 1 heterocycles. The molecule has 5 heteroatoms. The largest absolute Gasteiger partial charge is 0.324 e. The average molecular weight is 383 g/mol. The number of fused-ring (bicyclic) bond motifs is 1. The molecule has 0 fully saturated rings. The molecule has 1 atom stereocenters. The van der Waals surface area contributed by atoms with E-state index in [0.717, 1.165) is 5.69 Å². The van der Waals surface area contributed by atoms with Crippen LogP contribution in [0.4, 0.5) is 11.4 Å². The molecule has 0 aliphatic carbocycles. The lowest BCUT2D eigenvalue weighted by molar-refractivity contribution is -0.117. The van der Waals surface area contributed by atoms with Crippen LogP contribution in [-0.4, -0.2) is 23.6 Å². The summed E-state index contributed by atoms with van der Waals surface area (Å²) in [5, 5.41) is 2.90. The van der Waals surface area contributed by atoms with Crippen molar-refractivity contribution < 1.29 is 9.59 Å². The Bertz CT molecular complexity index is 881. The topological polar surface area (TPSA) is 49.4 Å². The lowest BCUT2D eigenvalue weighted by Gasteiger charge is -2.28. The Balaban J connectivity index is 1.87. The second-order valence-electron chi connectivity index (χ2n) is 7.26. The van der Waals surface area contributed by atoms with Crippen LogP contribution in [0.15, 0.2) is 35.2 Å². The molecular weight excluding hydrogens is 356 g/mol. The molecule has 3 rings (SSSR count). The molecule has 0 saturated heterocycles. The van der Waals surface area contributed by atoms with E-state index < -0.39 is 0 Å². The van der Waals surface area contributed by atoms with Crippen LogP contribution in [0.5, 0.6) is 0 Å². The van der Waals surface area contributed by atoms with Crippen LogP contribution in [0.2, 0.25) is 0 Å². The standard InChI is InChI=1S/C22H26N2O2S/c1-13-10-14(2)17(5)22(16(13)4)27-12-21(26)24-15(3)11-20(25)23-18-8-6-7-9-19(18)24/h6-10,15H,11-12H2,1-5H3,(H,23,25)/t15-/m0/s1. The van der Waals surface area contributed by atoms with Gasteiger partial charge in [-0.15, -0.1) is 11.8 Å². The Morgan fingerprint density at radius 3 is 2.44 bits per heavy atom. The SMILES string of the molecule is Cc1cc(C)c(C)c(SCC(=O)N2c3ccccc3NC(=O)C[C@@H]2C)c1C. The van der Waals surface area contributed by atoms with Gasteiger partial charge in [-0.3, -0.25) is 9.59 Å². The number of amides is 2. The minimum Gasteiger partial charge on any atom is -0.324 e. The summed E-state index contributed by atoms with van der Waals surface area (Å²) in [4.78, 5) is 28.2. The van der Waals surface area contributed by atoms with E-state index >= 15 is 0 Å². The number of aryl methyl sites for hydroxylation is 2. The zero-order valence-corrected chi connectivity index (χ0v) is 17.4. The first-order valence-corrected chi connectivity index (χ1v) is 10.2. The van der Waals surface area contributed by atoms with Gasteiger partial charge in [-0.25, -0.2) is 0 Å². The Kier molecular flexibility index (Phi) is 5.61. The summed E-state index contributed by atoms with van der Waals surface area (Å²) in [5.41, 5.74) is 6.43. The minimum absolute atomic E-state index is 0.0226. The molecule has 0 saturated carbocycles. The number of carbonyl (C=O) groups is 2. The predicted molar refractivity (Wildman–Crippen MR) is 113 cm³/mol. The second kappa shape index (κ2) is 7.77. The molecule has 0 spiro atoms. The zero-order chi connectivity index (χ0) is 19.7. The second-order valence-corrected chi connectivity index (χ2v) is 8.25. The third-order valence-corrected chi connectivity index (χ3v) is 6.56. The van der Waals surface area contributed by atoms with E-state index in [1.54, 1.807) is 16.7 Å². The molecule has 0 radical (unpaired) electrons. The van der Waals surface area contributed by atoms with E-state index in [4.69, 9.17) is 0 Å². The molecule has 0 unspecified atom stereocenters. The maximum Gasteiger partial charge on any atom is 0.237 e. The van der Waals surface area contributed by atoms with Crippen molar-refractivity contribution in [1.82, 2.24) is 0 Å². The quantitative estimate of drug-likeness (QED) is 0.778. The van der Waals surface area contributed by atoms with Crippen molar-refractivity contribution in [3.8, 4) is 0 Å². The van der Waals surface area contributed by atoms with Crippen molar-refractivity contribution in [3.63, 3.8) is 0 Å². The van der Waals surface area contributed by atoms with Gasteiger partial charge in [-0.2, -0.15) is 0 Å². The first kappa shape index (κ1) is 19.5. The third kappa shape index (κ3) is 3.88. The first-order valence-electron chi connectivity index (χ1n) is 9.20. The molecule has 2 aromatic carbocycles. The van der Waals surface area contributed by atoms with Crippen molar-refractivity contribution in [2.45, 2.75) is 52.0 Å². The van der Waals surface area contributed by atoms with Crippen molar-refractivity contribution in [3.05, 3.63) is 52.6 Å². The van der Waals surface area contributed by atoms with Gasteiger partial charge >= 0.3 is 0 Å². The monoisotopic (exact) mass is 382 g/mol. The van der Waals surface area contributed by atoms with E-state index in [2.05, 4.69) is 39.1 Å². The van der Waals surface area contributed by atoms with E-state index in [-0.39, 0.29) is 17.9 Å². The lowest BCUT2D eigenvalue weighted by atomic mass is 10.0. The molecule has 1 aliphatic rings. The van der Waals surface area contributed by atoms with Gasteiger partial charge < -0.3 is 10.2 Å². The number of carbonyl (C=O) groups excluding carboxylic acids is 2. The van der Waals surface area contributed by atoms with Gasteiger partial charge in [0.15, 0.2) is 0 Å². The molecule has 0 aromatic heterocycles. The molecule has 0 bridgehead atoms. The smallest absolute Gasteiger partial charge is 0.237 e. The maximum absolute atomic E-state index is 13.2. The van der Waals surface area contributed by atoms with Gasteiger partial charge in [0.1, 0.15) is 0 Å². The van der Waals surface area contributed by atoms with E-state index in [1.807, 2.05) is 31.2 Å². The molecular formula is C22H26N2O2S. The van der Waals surface area contributed by atoms with Gasteiger partial charge in [0.25, 0.3) is 0 Å². The summed E-state index contributed by atoms with van der Waals surface area (Å²) in [5.74, 6) is 0.311. The molecule has 1 aliphatic heterocycles. The van der Waals surface area contributed by atoms with E-state index in [0.29, 0.717) is 17.9 Å². The highest BCUT2D eigenvalue weighted by molar-refractivity contribution is 8.00. The number of benzene rings is 2. The summed E-state index contributed by atoms with van der Waals surface area (Å²) < 4.78 is 0. The molecule has 2 amide bonds. The number of nitrogens with zero attached hydrogens (tertiary/aromatic N) is 1. The van der Waals surface area contributed by atoms with Gasteiger partial charge in [-0.05, 0) is 69.0 Å². The molecule has 27 heavy (non-hydrogen) atoms. The Hall–Kier alpha value is -2.27. The van der Waals surface area contributed by atoms with Crippen molar-refractivity contribution in [2.24, 2.45) is 0 Å². The van der Waals surface area contributed by atoms with Crippen LogP contribution >= 0.6 is 11.8 Å². The highest BCUT2D eigenvalue weighted by Gasteiger charge is 2.29. The summed E-state index contributed by atoms with van der Waals surface area (Å²) in [6, 6.07) is 9.53. The zero-order valence-electron chi connectivity index (χ0n) is 16.6. The van der Waals surface area contributed by atoms with Crippen molar-refractivity contribution in [1.29, 1.82) is 0 Å². The van der Waals surface area contributed by atoms with E-state index in [1.165, 1.54) is 27.1 Å². The summed E-state index contributed by atoms with van der Waals surface area (Å²) >= 11 is 1.59. The van der Waals surface area contributed by atoms with Gasteiger partial charge in [-0.1, -0.05) is 18.2 Å². The Morgan fingerprint density at radius 1 is 1.15 bits per heavy atom. The van der Waals surface area contributed by atoms with Gasteiger partial charge in [0, 0.05) is 17.4 Å². The van der Waals surface area contributed by atoms with Crippen LogP contribution in [0.25, 0.3) is 0 Å². The first-order chi connectivity index (χ1) is 12.8. The summed E-state index contributed by atoms with van der Waals surface area (Å²) in [6.45, 7) is 10.4. The number of anilines is 2. The Morgan fingerprint density at radius 2 is 1.78 bits per heavy atom. The van der Waals surface area contributed by atoms with Crippen molar-refractivity contribution >= 4 is 35.0 Å². The number of thioether (sulfide) groups is 1. The number of nitrogens with one attached hydrogen (secondary N) is 1. The van der Waals surface area contributed by atoms with Crippen molar-refractivity contribution in [2.75, 3.05) is 16.0 Å². The predicted octanol–water partition coefficient (Wildman–Crippen LogP) is 4.78. The third-order valence-electron chi connectivity index (χ3n) is 5.27. The fraction of sp³-hybridized carbons (Fsp3) is 0.364. The maximum atomic E-state index is 13.2. The van der Waals surface area contributed by atoms with Gasteiger partial charge in [0.2, 0.25) is 11.8 Å². The molecule has 4 nitrogen and oxygen atoms in total. The number of rotatable bonds is 3. The average Bonchev–Trinajstić information content (AvgIpc) is 2.74. The van der Waals surface area contributed by atoms with Crippen LogP contribution in [0.3, 0.4) is 0 Å². The normalized spacial score (nSPS) is 16.6. The summed E-state index contributed by atoms with van der Waals surface area (Å²) in [7, 11) is 0. The lowest BCUT2D eigenvalue weighted by Crippen LogP contribution is -2.40.